The molecule has 0 heterocycles. The van der Waals surface area contributed by atoms with Crippen LogP contribution >= 0.6 is 12.4 Å². The minimum atomic E-state index is -0.143. The molecule has 0 radical (unpaired) electrons. The Labute approximate surface area is 144 Å². The van der Waals surface area contributed by atoms with Crippen LogP contribution in [0.3, 0.4) is 0 Å². The highest BCUT2D eigenvalue weighted by Crippen LogP contribution is 2.30. The SMILES string of the molecule is COc1ccc(OC)c(C(C)NC(=O)C[C@@H]2CCC[C@H]2N)c1.Cl. The molecule has 0 spiro atoms. The lowest BCUT2D eigenvalue weighted by atomic mass is 9.99. The van der Waals surface area contributed by atoms with Crippen LogP contribution in [-0.4, -0.2) is 26.2 Å². The molecule has 0 aliphatic heterocycles. The molecule has 1 aliphatic rings. The first-order chi connectivity index (χ1) is 10.5. The number of halogens is 1. The monoisotopic (exact) mass is 342 g/mol. The van der Waals surface area contributed by atoms with E-state index in [1.165, 1.54) is 0 Å². The molecule has 1 aromatic carbocycles. The van der Waals surface area contributed by atoms with Crippen LogP contribution in [0.5, 0.6) is 11.5 Å². The van der Waals surface area contributed by atoms with Gasteiger partial charge in [0.1, 0.15) is 11.5 Å². The number of carbonyl (C=O) groups excluding carboxylic acids is 1. The number of hydrogen-bond donors (Lipinski definition) is 2. The molecule has 2 rings (SSSR count). The molecule has 3 atom stereocenters. The van der Waals surface area contributed by atoms with Gasteiger partial charge in [0, 0.05) is 18.0 Å². The highest BCUT2D eigenvalue weighted by Gasteiger charge is 2.26. The molecule has 1 unspecified atom stereocenters. The zero-order valence-corrected chi connectivity index (χ0v) is 14.8. The Morgan fingerprint density at radius 1 is 1.35 bits per heavy atom. The number of nitrogens with two attached hydrogens (primary N) is 1. The summed E-state index contributed by atoms with van der Waals surface area (Å²) in [4.78, 5) is 12.2. The molecular formula is C17H27ClN2O3. The number of ether oxygens (including phenoxy) is 2. The Morgan fingerprint density at radius 3 is 2.65 bits per heavy atom. The van der Waals surface area contributed by atoms with Gasteiger partial charge in [-0.2, -0.15) is 0 Å². The average molecular weight is 343 g/mol. The summed E-state index contributed by atoms with van der Waals surface area (Å²) in [5.74, 6) is 1.83. The molecule has 0 aromatic heterocycles. The van der Waals surface area contributed by atoms with Crippen LogP contribution in [0.2, 0.25) is 0 Å². The molecule has 1 saturated carbocycles. The predicted octanol–water partition coefficient (Wildman–Crippen LogP) is 2.82. The van der Waals surface area contributed by atoms with E-state index in [1.807, 2.05) is 25.1 Å². The summed E-state index contributed by atoms with van der Waals surface area (Å²) in [5, 5.41) is 3.04. The van der Waals surface area contributed by atoms with E-state index < -0.39 is 0 Å². The lowest BCUT2D eigenvalue weighted by Crippen LogP contribution is -2.33. The van der Waals surface area contributed by atoms with Gasteiger partial charge < -0.3 is 20.5 Å². The molecule has 0 bridgehead atoms. The molecule has 23 heavy (non-hydrogen) atoms. The van der Waals surface area contributed by atoms with Gasteiger partial charge in [0.15, 0.2) is 0 Å². The van der Waals surface area contributed by atoms with Crippen molar-refractivity contribution >= 4 is 18.3 Å². The summed E-state index contributed by atoms with van der Waals surface area (Å²) >= 11 is 0. The van der Waals surface area contributed by atoms with Crippen molar-refractivity contribution in [2.75, 3.05) is 14.2 Å². The van der Waals surface area contributed by atoms with E-state index in [4.69, 9.17) is 15.2 Å². The van der Waals surface area contributed by atoms with Gasteiger partial charge in [-0.15, -0.1) is 12.4 Å². The Bertz CT molecular complexity index is 525. The molecule has 130 valence electrons. The molecule has 1 amide bonds. The summed E-state index contributed by atoms with van der Waals surface area (Å²) < 4.78 is 10.6. The van der Waals surface area contributed by atoms with Gasteiger partial charge in [0.2, 0.25) is 5.91 Å². The quantitative estimate of drug-likeness (QED) is 0.833. The fourth-order valence-electron chi connectivity index (χ4n) is 3.11. The van der Waals surface area contributed by atoms with Gasteiger partial charge in [0.25, 0.3) is 0 Å². The Balaban J connectivity index is 0.00000264. The van der Waals surface area contributed by atoms with E-state index in [2.05, 4.69) is 5.32 Å². The maximum atomic E-state index is 12.2. The molecule has 3 N–H and O–H groups in total. The summed E-state index contributed by atoms with van der Waals surface area (Å²) in [6, 6.07) is 5.60. The summed E-state index contributed by atoms with van der Waals surface area (Å²) in [5.41, 5.74) is 6.94. The lowest BCUT2D eigenvalue weighted by Gasteiger charge is -2.20. The van der Waals surface area contributed by atoms with E-state index in [0.29, 0.717) is 12.3 Å². The number of nitrogens with one attached hydrogen (secondary N) is 1. The summed E-state index contributed by atoms with van der Waals surface area (Å²) in [6.45, 7) is 1.95. The second-order valence-electron chi connectivity index (χ2n) is 5.96. The molecular weight excluding hydrogens is 316 g/mol. The van der Waals surface area contributed by atoms with Crippen LogP contribution in [-0.2, 0) is 4.79 Å². The third-order valence-electron chi connectivity index (χ3n) is 4.45. The van der Waals surface area contributed by atoms with Crippen LogP contribution in [0.15, 0.2) is 18.2 Å². The van der Waals surface area contributed by atoms with E-state index in [-0.39, 0.29) is 30.4 Å². The zero-order chi connectivity index (χ0) is 16.1. The smallest absolute Gasteiger partial charge is 0.220 e. The fourth-order valence-corrected chi connectivity index (χ4v) is 3.11. The van der Waals surface area contributed by atoms with E-state index in [9.17, 15) is 4.79 Å². The van der Waals surface area contributed by atoms with Crippen molar-refractivity contribution in [2.45, 2.75) is 44.7 Å². The number of hydrogen-bond acceptors (Lipinski definition) is 4. The number of rotatable bonds is 6. The van der Waals surface area contributed by atoms with Gasteiger partial charge in [-0.1, -0.05) is 6.42 Å². The van der Waals surface area contributed by atoms with Gasteiger partial charge in [-0.3, -0.25) is 4.79 Å². The molecule has 5 nitrogen and oxygen atoms in total. The van der Waals surface area contributed by atoms with Crippen LogP contribution in [0.25, 0.3) is 0 Å². The van der Waals surface area contributed by atoms with Gasteiger partial charge in [-0.05, 0) is 43.9 Å². The van der Waals surface area contributed by atoms with Gasteiger partial charge in [-0.25, -0.2) is 0 Å². The van der Waals surface area contributed by atoms with E-state index in [0.717, 1.165) is 36.3 Å². The minimum absolute atomic E-state index is 0. The van der Waals surface area contributed by atoms with Crippen molar-refractivity contribution in [1.82, 2.24) is 5.32 Å². The highest BCUT2D eigenvalue weighted by molar-refractivity contribution is 5.85. The predicted molar refractivity (Wildman–Crippen MR) is 93.3 cm³/mol. The Hall–Kier alpha value is -1.46. The fraction of sp³-hybridized carbons (Fsp3) is 0.588. The molecule has 0 saturated heterocycles. The Kier molecular flexibility index (Phi) is 7.65. The maximum Gasteiger partial charge on any atom is 0.220 e. The highest BCUT2D eigenvalue weighted by atomic mass is 35.5. The first-order valence-corrected chi connectivity index (χ1v) is 7.82. The first-order valence-electron chi connectivity index (χ1n) is 7.82. The summed E-state index contributed by atoms with van der Waals surface area (Å²) in [6.07, 6.45) is 3.69. The van der Waals surface area contributed by atoms with Crippen molar-refractivity contribution in [3.8, 4) is 11.5 Å². The van der Waals surface area contributed by atoms with Crippen LogP contribution in [0.4, 0.5) is 0 Å². The Morgan fingerprint density at radius 2 is 2.09 bits per heavy atom. The standard InChI is InChI=1S/C17H26N2O3.ClH/c1-11(14-10-13(21-2)7-8-16(14)22-3)19-17(20)9-12-5-4-6-15(12)18;/h7-8,10-12,15H,4-6,9,18H2,1-3H3,(H,19,20);1H/t11?,12-,15+;/m0./s1. The van der Waals surface area contributed by atoms with Crippen molar-refractivity contribution in [3.05, 3.63) is 23.8 Å². The third kappa shape index (κ3) is 5.01. The largest absolute Gasteiger partial charge is 0.497 e. The maximum absolute atomic E-state index is 12.2. The summed E-state index contributed by atoms with van der Waals surface area (Å²) in [7, 11) is 3.24. The van der Waals surface area contributed by atoms with Crippen LogP contribution < -0.4 is 20.5 Å². The van der Waals surface area contributed by atoms with Gasteiger partial charge >= 0.3 is 0 Å². The molecule has 6 heteroatoms. The van der Waals surface area contributed by atoms with Gasteiger partial charge in [0.05, 0.1) is 20.3 Å². The number of amides is 1. The van der Waals surface area contributed by atoms with E-state index >= 15 is 0 Å². The number of carbonyl (C=O) groups is 1. The molecule has 1 fully saturated rings. The number of benzene rings is 1. The second-order valence-corrected chi connectivity index (χ2v) is 5.96. The second kappa shape index (κ2) is 8.99. The van der Waals surface area contributed by atoms with Crippen molar-refractivity contribution in [1.29, 1.82) is 0 Å². The average Bonchev–Trinajstić information content (AvgIpc) is 2.91. The van der Waals surface area contributed by atoms with Crippen molar-refractivity contribution < 1.29 is 14.3 Å². The zero-order valence-electron chi connectivity index (χ0n) is 14.0. The normalized spacial score (nSPS) is 21.2. The number of methoxy groups -OCH3 is 2. The third-order valence-corrected chi connectivity index (χ3v) is 4.45. The van der Waals surface area contributed by atoms with Crippen molar-refractivity contribution in [3.63, 3.8) is 0 Å². The van der Waals surface area contributed by atoms with Crippen LogP contribution in [0.1, 0.15) is 44.2 Å². The van der Waals surface area contributed by atoms with Crippen molar-refractivity contribution in [2.24, 2.45) is 11.7 Å². The van der Waals surface area contributed by atoms with Crippen LogP contribution in [0, 0.1) is 5.92 Å². The van der Waals surface area contributed by atoms with E-state index in [1.54, 1.807) is 14.2 Å². The molecule has 1 aromatic rings. The minimum Gasteiger partial charge on any atom is -0.497 e. The first kappa shape index (κ1) is 19.6. The topological polar surface area (TPSA) is 73.6 Å². The molecule has 1 aliphatic carbocycles. The lowest BCUT2D eigenvalue weighted by molar-refractivity contribution is -0.122.